The molecular formula is C16H27N3O2. The number of nitrogens with two attached hydrogens (primary N) is 1. The van der Waals surface area contributed by atoms with Gasteiger partial charge in [-0.3, -0.25) is 4.90 Å². The Morgan fingerprint density at radius 3 is 2.48 bits per heavy atom. The SMILES string of the molecule is CN(C)CCCN(C)C(CN)c1ccc2c(c1)OCCO2. The number of benzene rings is 1. The van der Waals surface area contributed by atoms with Gasteiger partial charge >= 0.3 is 0 Å². The number of hydrogen-bond acceptors (Lipinski definition) is 5. The topological polar surface area (TPSA) is 51.0 Å². The second-order valence-corrected chi connectivity index (χ2v) is 5.79. The third kappa shape index (κ3) is 4.33. The van der Waals surface area contributed by atoms with Crippen LogP contribution in [0.3, 0.4) is 0 Å². The average Bonchev–Trinajstić information content (AvgIpc) is 2.47. The summed E-state index contributed by atoms with van der Waals surface area (Å²) in [6.07, 6.45) is 1.13. The second kappa shape index (κ2) is 7.64. The zero-order valence-electron chi connectivity index (χ0n) is 13.3. The molecule has 0 aliphatic carbocycles. The maximum absolute atomic E-state index is 5.99. The van der Waals surface area contributed by atoms with E-state index < -0.39 is 0 Å². The molecule has 1 aliphatic heterocycles. The number of hydrogen-bond donors (Lipinski definition) is 1. The molecule has 2 N–H and O–H groups in total. The smallest absolute Gasteiger partial charge is 0.161 e. The molecule has 0 amide bonds. The molecule has 1 unspecified atom stereocenters. The molecule has 1 heterocycles. The summed E-state index contributed by atoms with van der Waals surface area (Å²) in [5, 5.41) is 0. The molecule has 0 radical (unpaired) electrons. The van der Waals surface area contributed by atoms with E-state index in [9.17, 15) is 0 Å². The van der Waals surface area contributed by atoms with Gasteiger partial charge in [0.1, 0.15) is 13.2 Å². The fraction of sp³-hybridized carbons (Fsp3) is 0.625. The lowest BCUT2D eigenvalue weighted by Gasteiger charge is -2.29. The number of likely N-dealkylation sites (N-methyl/N-ethyl adjacent to an activating group) is 1. The highest BCUT2D eigenvalue weighted by atomic mass is 16.6. The molecule has 0 spiro atoms. The van der Waals surface area contributed by atoms with Crippen LogP contribution in [0, 0.1) is 0 Å². The van der Waals surface area contributed by atoms with Crippen molar-refractivity contribution in [2.45, 2.75) is 12.5 Å². The highest BCUT2D eigenvalue weighted by Crippen LogP contribution is 2.33. The first-order valence-corrected chi connectivity index (χ1v) is 7.56. The first-order chi connectivity index (χ1) is 10.1. The normalized spacial score (nSPS) is 15.5. The minimum atomic E-state index is 0.211. The van der Waals surface area contributed by atoms with E-state index in [1.165, 1.54) is 5.56 Å². The third-order valence-corrected chi connectivity index (χ3v) is 3.82. The summed E-state index contributed by atoms with van der Waals surface area (Å²) < 4.78 is 11.2. The van der Waals surface area contributed by atoms with E-state index in [1.54, 1.807) is 0 Å². The lowest BCUT2D eigenvalue weighted by molar-refractivity contribution is 0.170. The molecule has 5 heteroatoms. The largest absolute Gasteiger partial charge is 0.486 e. The molecule has 0 aromatic heterocycles. The van der Waals surface area contributed by atoms with Gasteiger partial charge in [-0.25, -0.2) is 0 Å². The van der Waals surface area contributed by atoms with Crippen LogP contribution in [-0.2, 0) is 0 Å². The van der Waals surface area contributed by atoms with Crippen molar-refractivity contribution in [3.8, 4) is 11.5 Å². The summed E-state index contributed by atoms with van der Waals surface area (Å²) in [6.45, 7) is 3.94. The summed E-state index contributed by atoms with van der Waals surface area (Å²) in [6, 6.07) is 6.35. The molecule has 2 rings (SSSR count). The Bertz CT molecular complexity index is 451. The predicted molar refractivity (Wildman–Crippen MR) is 85.0 cm³/mol. The minimum Gasteiger partial charge on any atom is -0.486 e. The number of nitrogens with zero attached hydrogens (tertiary/aromatic N) is 2. The summed E-state index contributed by atoms with van der Waals surface area (Å²) >= 11 is 0. The first kappa shape index (κ1) is 16.1. The Morgan fingerprint density at radius 1 is 1.10 bits per heavy atom. The van der Waals surface area contributed by atoms with Crippen LogP contribution < -0.4 is 15.2 Å². The molecule has 0 saturated heterocycles. The molecule has 1 aromatic carbocycles. The standard InChI is InChI=1S/C16H27N3O2/c1-18(2)7-4-8-19(3)14(12-17)13-5-6-15-16(11-13)21-10-9-20-15/h5-6,11,14H,4,7-10,12,17H2,1-3H3. The van der Waals surface area contributed by atoms with Crippen molar-refractivity contribution in [2.24, 2.45) is 5.73 Å². The Hall–Kier alpha value is -1.30. The molecule has 1 atom stereocenters. The highest BCUT2D eigenvalue weighted by Gasteiger charge is 2.19. The Balaban J connectivity index is 2.02. The zero-order chi connectivity index (χ0) is 15.2. The van der Waals surface area contributed by atoms with Crippen LogP contribution in [0.15, 0.2) is 18.2 Å². The number of rotatable bonds is 7. The van der Waals surface area contributed by atoms with Crippen molar-refractivity contribution in [3.63, 3.8) is 0 Å². The number of fused-ring (bicyclic) bond motifs is 1. The number of ether oxygens (including phenoxy) is 2. The molecule has 21 heavy (non-hydrogen) atoms. The van der Waals surface area contributed by atoms with Crippen molar-refractivity contribution in [1.82, 2.24) is 9.80 Å². The van der Waals surface area contributed by atoms with E-state index in [0.29, 0.717) is 19.8 Å². The summed E-state index contributed by atoms with van der Waals surface area (Å²) in [7, 11) is 6.33. The van der Waals surface area contributed by atoms with Gasteiger partial charge in [0.05, 0.1) is 0 Å². The van der Waals surface area contributed by atoms with E-state index in [1.807, 2.05) is 6.07 Å². The van der Waals surface area contributed by atoms with E-state index in [4.69, 9.17) is 15.2 Å². The molecule has 0 fully saturated rings. The van der Waals surface area contributed by atoms with Crippen LogP contribution in [-0.4, -0.2) is 63.8 Å². The van der Waals surface area contributed by atoms with Gasteiger partial charge < -0.3 is 20.1 Å². The van der Waals surface area contributed by atoms with Gasteiger partial charge in [-0.05, 0) is 58.3 Å². The Morgan fingerprint density at radius 2 is 1.81 bits per heavy atom. The second-order valence-electron chi connectivity index (χ2n) is 5.79. The van der Waals surface area contributed by atoms with Crippen molar-refractivity contribution in [3.05, 3.63) is 23.8 Å². The van der Waals surface area contributed by atoms with Crippen molar-refractivity contribution < 1.29 is 9.47 Å². The lowest BCUT2D eigenvalue weighted by atomic mass is 10.0. The fourth-order valence-electron chi connectivity index (χ4n) is 2.63. The van der Waals surface area contributed by atoms with Crippen LogP contribution in [0.25, 0.3) is 0 Å². The van der Waals surface area contributed by atoms with E-state index >= 15 is 0 Å². The molecule has 5 nitrogen and oxygen atoms in total. The van der Waals surface area contributed by atoms with Gasteiger partial charge in [-0.2, -0.15) is 0 Å². The quantitative estimate of drug-likeness (QED) is 0.822. The fourth-order valence-corrected chi connectivity index (χ4v) is 2.63. The van der Waals surface area contributed by atoms with Gasteiger partial charge in [-0.1, -0.05) is 6.07 Å². The summed E-state index contributed by atoms with van der Waals surface area (Å²) in [4.78, 5) is 4.52. The van der Waals surface area contributed by atoms with Gasteiger partial charge in [0, 0.05) is 12.6 Å². The Kier molecular flexibility index (Phi) is 5.85. The first-order valence-electron chi connectivity index (χ1n) is 7.56. The van der Waals surface area contributed by atoms with Crippen LogP contribution in [0.1, 0.15) is 18.0 Å². The van der Waals surface area contributed by atoms with Gasteiger partial charge in [0.15, 0.2) is 11.5 Å². The van der Waals surface area contributed by atoms with Gasteiger partial charge in [-0.15, -0.1) is 0 Å². The molecule has 118 valence electrons. The monoisotopic (exact) mass is 293 g/mol. The van der Waals surface area contributed by atoms with Crippen LogP contribution >= 0.6 is 0 Å². The zero-order valence-corrected chi connectivity index (χ0v) is 13.3. The van der Waals surface area contributed by atoms with Crippen LogP contribution in [0.2, 0.25) is 0 Å². The van der Waals surface area contributed by atoms with Crippen molar-refractivity contribution >= 4 is 0 Å². The van der Waals surface area contributed by atoms with Crippen molar-refractivity contribution in [2.75, 3.05) is 54.0 Å². The molecule has 0 bridgehead atoms. The molecule has 0 saturated carbocycles. The van der Waals surface area contributed by atoms with Crippen LogP contribution in [0.5, 0.6) is 11.5 Å². The Labute approximate surface area is 127 Å². The lowest BCUT2D eigenvalue weighted by Crippen LogP contribution is -2.32. The minimum absolute atomic E-state index is 0.211. The maximum Gasteiger partial charge on any atom is 0.161 e. The molecule has 1 aromatic rings. The van der Waals surface area contributed by atoms with E-state index in [-0.39, 0.29) is 6.04 Å². The van der Waals surface area contributed by atoms with E-state index in [2.05, 4.69) is 43.1 Å². The van der Waals surface area contributed by atoms with Gasteiger partial charge in [0.2, 0.25) is 0 Å². The predicted octanol–water partition coefficient (Wildman–Crippen LogP) is 1.34. The average molecular weight is 293 g/mol. The highest BCUT2D eigenvalue weighted by molar-refractivity contribution is 5.44. The third-order valence-electron chi connectivity index (χ3n) is 3.82. The summed E-state index contributed by atoms with van der Waals surface area (Å²) in [5.41, 5.74) is 7.18. The van der Waals surface area contributed by atoms with E-state index in [0.717, 1.165) is 31.0 Å². The van der Waals surface area contributed by atoms with Crippen LogP contribution in [0.4, 0.5) is 0 Å². The van der Waals surface area contributed by atoms with Gasteiger partial charge in [0.25, 0.3) is 0 Å². The maximum atomic E-state index is 5.99. The molecular weight excluding hydrogens is 266 g/mol. The molecule has 1 aliphatic rings. The van der Waals surface area contributed by atoms with Crippen molar-refractivity contribution in [1.29, 1.82) is 0 Å². The summed E-state index contributed by atoms with van der Waals surface area (Å²) in [5.74, 6) is 1.66.